The lowest BCUT2D eigenvalue weighted by molar-refractivity contribution is 0.0698. The van der Waals surface area contributed by atoms with Crippen LogP contribution < -0.4 is 11.1 Å². The van der Waals surface area contributed by atoms with Gasteiger partial charge in [0.25, 0.3) is 0 Å². The predicted molar refractivity (Wildman–Crippen MR) is 61.6 cm³/mol. The highest BCUT2D eigenvalue weighted by molar-refractivity contribution is 5.97. The van der Waals surface area contributed by atoms with Crippen molar-refractivity contribution in [2.24, 2.45) is 0 Å². The Kier molecular flexibility index (Phi) is 2.95. The van der Waals surface area contributed by atoms with Crippen molar-refractivity contribution < 1.29 is 14.4 Å². The molecule has 0 unspecified atom stereocenters. The van der Waals surface area contributed by atoms with Crippen molar-refractivity contribution >= 4 is 17.3 Å². The van der Waals surface area contributed by atoms with Crippen molar-refractivity contribution in [3.63, 3.8) is 0 Å². The molecule has 0 radical (unpaired) electrons. The molecule has 17 heavy (non-hydrogen) atoms. The third kappa shape index (κ3) is 2.36. The van der Waals surface area contributed by atoms with E-state index in [-0.39, 0.29) is 5.56 Å². The van der Waals surface area contributed by atoms with E-state index in [0.29, 0.717) is 23.6 Å². The smallest absolute Gasteiger partial charge is 0.337 e. The third-order valence-electron chi connectivity index (χ3n) is 2.26. The number of aromatic nitrogens is 1. The van der Waals surface area contributed by atoms with E-state index in [2.05, 4.69) is 15.0 Å². The van der Waals surface area contributed by atoms with Gasteiger partial charge in [-0.05, 0) is 12.1 Å². The maximum absolute atomic E-state index is 11.0. The van der Waals surface area contributed by atoms with Gasteiger partial charge in [-0.15, -0.1) is 0 Å². The first-order valence-corrected chi connectivity index (χ1v) is 4.93. The summed E-state index contributed by atoms with van der Waals surface area (Å²) in [5.74, 6) is -1.03. The van der Waals surface area contributed by atoms with Gasteiger partial charge in [-0.2, -0.15) is 0 Å². The summed E-state index contributed by atoms with van der Waals surface area (Å²) >= 11 is 0. The van der Waals surface area contributed by atoms with Crippen LogP contribution in [0.15, 0.2) is 35.1 Å². The van der Waals surface area contributed by atoms with Crippen molar-refractivity contribution in [1.82, 2.24) is 5.16 Å². The van der Waals surface area contributed by atoms with Crippen LogP contribution in [0.3, 0.4) is 0 Å². The Labute approximate surface area is 97.0 Å². The molecule has 1 aromatic heterocycles. The molecule has 0 saturated carbocycles. The van der Waals surface area contributed by atoms with Crippen LogP contribution in [0, 0.1) is 0 Å². The lowest BCUT2D eigenvalue weighted by Gasteiger charge is -2.10. The minimum Gasteiger partial charge on any atom is -0.478 e. The molecule has 0 spiro atoms. The fourth-order valence-corrected chi connectivity index (χ4v) is 1.45. The molecule has 0 aliphatic carbocycles. The van der Waals surface area contributed by atoms with E-state index in [1.165, 1.54) is 12.3 Å². The van der Waals surface area contributed by atoms with Gasteiger partial charge in [-0.25, -0.2) is 4.79 Å². The molecule has 2 aromatic rings. The average Bonchev–Trinajstić information content (AvgIpc) is 2.80. The summed E-state index contributed by atoms with van der Waals surface area (Å²) in [6.07, 6.45) is 1.45. The summed E-state index contributed by atoms with van der Waals surface area (Å²) in [5.41, 5.74) is 7.31. The molecule has 0 saturated heterocycles. The van der Waals surface area contributed by atoms with Gasteiger partial charge in [-0.1, -0.05) is 11.2 Å². The highest BCUT2D eigenvalue weighted by Gasteiger charge is 2.12. The second-order valence-corrected chi connectivity index (χ2v) is 3.42. The van der Waals surface area contributed by atoms with Crippen molar-refractivity contribution in [2.75, 3.05) is 11.1 Å². The quantitative estimate of drug-likeness (QED) is 0.693. The monoisotopic (exact) mass is 233 g/mol. The maximum atomic E-state index is 11.0. The largest absolute Gasteiger partial charge is 0.478 e. The average molecular weight is 233 g/mol. The molecule has 88 valence electrons. The molecule has 1 heterocycles. The van der Waals surface area contributed by atoms with Gasteiger partial charge >= 0.3 is 5.97 Å². The predicted octanol–water partition coefficient (Wildman–Crippen LogP) is 1.57. The molecule has 0 amide bonds. The van der Waals surface area contributed by atoms with Gasteiger partial charge in [0.2, 0.25) is 0 Å². The number of hydrogen-bond acceptors (Lipinski definition) is 5. The minimum absolute atomic E-state index is 0.133. The fraction of sp³-hybridized carbons (Fsp3) is 0.0909. The number of nitrogens with zero attached hydrogens (tertiary/aromatic N) is 1. The number of carboxylic acids is 1. The number of nitrogens with one attached hydrogen (secondary N) is 1. The molecule has 0 fully saturated rings. The van der Waals surface area contributed by atoms with Crippen molar-refractivity contribution in [3.8, 4) is 0 Å². The van der Waals surface area contributed by atoms with Crippen LogP contribution >= 0.6 is 0 Å². The molecule has 0 aliphatic rings. The van der Waals surface area contributed by atoms with E-state index in [9.17, 15) is 4.79 Å². The maximum Gasteiger partial charge on any atom is 0.337 e. The van der Waals surface area contributed by atoms with E-state index >= 15 is 0 Å². The van der Waals surface area contributed by atoms with Crippen LogP contribution in [0.4, 0.5) is 11.4 Å². The molecule has 0 bridgehead atoms. The second kappa shape index (κ2) is 4.56. The Bertz CT molecular complexity index is 523. The normalized spacial score (nSPS) is 10.1. The molecular formula is C11H11N3O3. The third-order valence-corrected chi connectivity index (χ3v) is 2.26. The van der Waals surface area contributed by atoms with Gasteiger partial charge < -0.3 is 20.7 Å². The Morgan fingerprint density at radius 1 is 1.47 bits per heavy atom. The second-order valence-electron chi connectivity index (χ2n) is 3.42. The molecule has 6 nitrogen and oxygen atoms in total. The van der Waals surface area contributed by atoms with Crippen LogP contribution in [0.1, 0.15) is 16.1 Å². The molecule has 6 heteroatoms. The van der Waals surface area contributed by atoms with Gasteiger partial charge in [-0.3, -0.25) is 0 Å². The summed E-state index contributed by atoms with van der Waals surface area (Å²) < 4.78 is 4.67. The van der Waals surface area contributed by atoms with Crippen LogP contribution in [-0.2, 0) is 6.54 Å². The SMILES string of the molecule is Nc1cccc(C(=O)O)c1NCc1ccon1. The van der Waals surface area contributed by atoms with Gasteiger partial charge in [0, 0.05) is 6.07 Å². The van der Waals surface area contributed by atoms with Crippen LogP contribution in [0.2, 0.25) is 0 Å². The first-order valence-electron chi connectivity index (χ1n) is 4.93. The number of benzene rings is 1. The Balaban J connectivity index is 2.22. The molecule has 0 atom stereocenters. The molecular weight excluding hydrogens is 222 g/mol. The van der Waals surface area contributed by atoms with E-state index in [1.54, 1.807) is 18.2 Å². The summed E-state index contributed by atoms with van der Waals surface area (Å²) in [4.78, 5) is 11.0. The topological polar surface area (TPSA) is 101 Å². The number of nitrogen functional groups attached to an aromatic ring is 1. The highest BCUT2D eigenvalue weighted by atomic mass is 16.5. The van der Waals surface area contributed by atoms with Crippen molar-refractivity contribution in [1.29, 1.82) is 0 Å². The molecule has 4 N–H and O–H groups in total. The van der Waals surface area contributed by atoms with Crippen LogP contribution in [0.25, 0.3) is 0 Å². The van der Waals surface area contributed by atoms with Crippen molar-refractivity contribution in [2.45, 2.75) is 6.54 Å². The van der Waals surface area contributed by atoms with Gasteiger partial charge in [0.05, 0.1) is 23.5 Å². The Morgan fingerprint density at radius 3 is 2.94 bits per heavy atom. The van der Waals surface area contributed by atoms with Crippen LogP contribution in [-0.4, -0.2) is 16.2 Å². The number of aromatic carboxylic acids is 1. The number of rotatable bonds is 4. The molecule has 1 aromatic carbocycles. The fourth-order valence-electron chi connectivity index (χ4n) is 1.45. The number of anilines is 2. The zero-order chi connectivity index (χ0) is 12.3. The Morgan fingerprint density at radius 2 is 2.29 bits per heavy atom. The highest BCUT2D eigenvalue weighted by Crippen LogP contribution is 2.23. The van der Waals surface area contributed by atoms with Gasteiger partial charge in [0.15, 0.2) is 0 Å². The Hall–Kier alpha value is -2.50. The summed E-state index contributed by atoms with van der Waals surface area (Å²) in [6, 6.07) is 6.41. The standard InChI is InChI=1S/C11H11N3O3/c12-9-3-1-2-8(11(15)16)10(9)13-6-7-4-5-17-14-7/h1-5,13H,6,12H2,(H,15,16). The number of carbonyl (C=O) groups is 1. The summed E-state index contributed by atoms with van der Waals surface area (Å²) in [5, 5.41) is 15.7. The first kappa shape index (κ1) is 11.0. The zero-order valence-corrected chi connectivity index (χ0v) is 8.88. The molecule has 0 aliphatic heterocycles. The summed E-state index contributed by atoms with van der Waals surface area (Å²) in [6.45, 7) is 0.352. The molecule has 2 rings (SSSR count). The summed E-state index contributed by atoms with van der Waals surface area (Å²) in [7, 11) is 0. The van der Waals surface area contributed by atoms with E-state index in [4.69, 9.17) is 10.8 Å². The van der Waals surface area contributed by atoms with E-state index in [0.717, 1.165) is 0 Å². The number of nitrogens with two attached hydrogens (primary N) is 1. The zero-order valence-electron chi connectivity index (χ0n) is 8.88. The lowest BCUT2D eigenvalue weighted by Crippen LogP contribution is -2.09. The van der Waals surface area contributed by atoms with Crippen molar-refractivity contribution in [3.05, 3.63) is 41.8 Å². The first-order chi connectivity index (χ1) is 8.18. The van der Waals surface area contributed by atoms with E-state index < -0.39 is 5.97 Å². The number of carboxylic acid groups (broad SMARTS) is 1. The van der Waals surface area contributed by atoms with Crippen LogP contribution in [0.5, 0.6) is 0 Å². The lowest BCUT2D eigenvalue weighted by atomic mass is 10.1. The number of para-hydroxylation sites is 1. The minimum atomic E-state index is -1.03. The van der Waals surface area contributed by atoms with Gasteiger partial charge in [0.1, 0.15) is 12.0 Å². The number of hydrogen-bond donors (Lipinski definition) is 3. The van der Waals surface area contributed by atoms with E-state index in [1.807, 2.05) is 0 Å².